The van der Waals surface area contributed by atoms with Crippen molar-refractivity contribution in [3.8, 4) is 28.4 Å². The van der Waals surface area contributed by atoms with Gasteiger partial charge in [0.1, 0.15) is 18.6 Å². The molecule has 2 saturated heterocycles. The highest BCUT2D eigenvalue weighted by molar-refractivity contribution is 6.33. The number of aliphatic carboxylic acids is 1. The molecule has 2 unspecified atom stereocenters. The third-order valence-corrected chi connectivity index (χ3v) is 7.63. The number of pyridine rings is 1. The fourth-order valence-electron chi connectivity index (χ4n) is 5.25. The van der Waals surface area contributed by atoms with Crippen molar-refractivity contribution in [2.45, 2.75) is 43.9 Å². The molecule has 4 aromatic rings. The summed E-state index contributed by atoms with van der Waals surface area (Å²) < 4.78 is 17.5. The maximum absolute atomic E-state index is 10.7. The van der Waals surface area contributed by atoms with E-state index in [9.17, 15) is 4.79 Å². The van der Waals surface area contributed by atoms with E-state index < -0.39 is 11.7 Å². The summed E-state index contributed by atoms with van der Waals surface area (Å²) in [7, 11) is 0. The largest absolute Gasteiger partial charge is 0.481 e. The third kappa shape index (κ3) is 5.49. The molecule has 9 nitrogen and oxygen atoms in total. The molecule has 0 aliphatic carbocycles. The lowest BCUT2D eigenvalue weighted by molar-refractivity contribution is -0.137. The molecular weight excluding hydrogens is 520 g/mol. The maximum Gasteiger partial charge on any atom is 0.303 e. The molecule has 0 spiro atoms. The number of benzene rings is 2. The highest BCUT2D eigenvalue weighted by Crippen LogP contribution is 2.35. The first kappa shape index (κ1) is 25.8. The Morgan fingerprint density at radius 3 is 2.62 bits per heavy atom. The highest BCUT2D eigenvalue weighted by Gasteiger charge is 2.49. The Hall–Kier alpha value is -3.50. The molecule has 3 N–H and O–H groups in total. The SMILES string of the molecule is O=C(O)CCCc1ccc(-c2ccc(-c3nc4nc(OCNC56CCOC5CCO6)[nH]c4cc3Cl)cc2)cc1. The van der Waals surface area contributed by atoms with Crippen LogP contribution in [0.25, 0.3) is 33.5 Å². The first-order valence-electron chi connectivity index (χ1n) is 13.1. The van der Waals surface area contributed by atoms with E-state index in [1.807, 2.05) is 42.5 Å². The van der Waals surface area contributed by atoms with Crippen molar-refractivity contribution < 1.29 is 24.1 Å². The summed E-state index contributed by atoms with van der Waals surface area (Å²) in [5, 5.41) is 12.7. The van der Waals surface area contributed by atoms with Crippen LogP contribution in [0.3, 0.4) is 0 Å². The first-order valence-corrected chi connectivity index (χ1v) is 13.5. The zero-order valence-electron chi connectivity index (χ0n) is 21.3. The van der Waals surface area contributed by atoms with Crippen LogP contribution in [0.15, 0.2) is 54.6 Å². The fourth-order valence-corrected chi connectivity index (χ4v) is 5.51. The lowest BCUT2D eigenvalue weighted by Gasteiger charge is -2.27. The second-order valence-corrected chi connectivity index (χ2v) is 10.3. The van der Waals surface area contributed by atoms with Gasteiger partial charge in [-0.05, 0) is 35.6 Å². The van der Waals surface area contributed by atoms with E-state index in [1.54, 1.807) is 0 Å². The summed E-state index contributed by atoms with van der Waals surface area (Å²) in [4.78, 5) is 23.0. The van der Waals surface area contributed by atoms with E-state index in [2.05, 4.69) is 27.4 Å². The topological polar surface area (TPSA) is 119 Å². The van der Waals surface area contributed by atoms with Gasteiger partial charge in [0.25, 0.3) is 6.01 Å². The lowest BCUT2D eigenvalue weighted by Crippen LogP contribution is -2.51. The number of fused-ring (bicyclic) bond motifs is 2. The summed E-state index contributed by atoms with van der Waals surface area (Å²) in [5.74, 6) is -0.763. The number of rotatable bonds is 10. The standard InChI is InChI=1S/C29H29ClN4O5/c30-22-16-23-27(34-28(32-23)38-17-31-29-13-15-37-24(29)12-14-39-29)33-26(22)21-10-8-20(9-11-21)19-6-4-18(5-7-19)2-1-3-25(35)36/h4-11,16,24,31H,1-3,12-15,17H2,(H,35,36)(H,32,33,34). The Labute approximate surface area is 230 Å². The monoisotopic (exact) mass is 548 g/mol. The van der Waals surface area contributed by atoms with Crippen LogP contribution in [0.5, 0.6) is 6.01 Å². The number of H-pyrrole nitrogens is 1. The van der Waals surface area contributed by atoms with Gasteiger partial charge in [-0.25, -0.2) is 4.98 Å². The summed E-state index contributed by atoms with van der Waals surface area (Å²) in [5.41, 5.74) is 5.53. The van der Waals surface area contributed by atoms with Crippen LogP contribution in [0.2, 0.25) is 5.02 Å². The second kappa shape index (κ2) is 10.9. The minimum absolute atomic E-state index is 0.0565. The molecule has 202 valence electrons. The Bertz CT molecular complexity index is 1460. The Balaban J connectivity index is 1.12. The number of carboxylic acids is 1. The lowest BCUT2D eigenvalue weighted by atomic mass is 10.00. The van der Waals surface area contributed by atoms with E-state index in [0.717, 1.165) is 41.5 Å². The molecule has 2 aromatic heterocycles. The van der Waals surface area contributed by atoms with E-state index in [-0.39, 0.29) is 19.3 Å². The molecule has 6 rings (SSSR count). The van der Waals surface area contributed by atoms with Gasteiger partial charge < -0.3 is 24.3 Å². The molecule has 0 bridgehead atoms. The van der Waals surface area contributed by atoms with Gasteiger partial charge in [0, 0.05) is 24.8 Å². The average Bonchev–Trinajstić information content (AvgIpc) is 3.62. The number of hydrogen-bond donors (Lipinski definition) is 3. The number of ether oxygens (including phenoxy) is 3. The van der Waals surface area contributed by atoms with Gasteiger partial charge in [-0.15, -0.1) is 0 Å². The summed E-state index contributed by atoms with van der Waals surface area (Å²) in [6.45, 7) is 1.58. The molecule has 0 amide bonds. The van der Waals surface area contributed by atoms with Crippen LogP contribution in [-0.4, -0.2) is 57.8 Å². The number of hydrogen-bond acceptors (Lipinski definition) is 7. The van der Waals surface area contributed by atoms with E-state index in [0.29, 0.717) is 47.5 Å². The molecule has 2 aliphatic rings. The smallest absolute Gasteiger partial charge is 0.303 e. The van der Waals surface area contributed by atoms with E-state index in [1.165, 1.54) is 0 Å². The Morgan fingerprint density at radius 1 is 1.10 bits per heavy atom. The highest BCUT2D eigenvalue weighted by atomic mass is 35.5. The molecule has 2 atom stereocenters. The van der Waals surface area contributed by atoms with Gasteiger partial charge >= 0.3 is 5.97 Å². The van der Waals surface area contributed by atoms with Gasteiger partial charge in [-0.1, -0.05) is 60.1 Å². The van der Waals surface area contributed by atoms with Crippen LogP contribution in [-0.2, 0) is 20.7 Å². The van der Waals surface area contributed by atoms with Gasteiger partial charge in [-0.2, -0.15) is 4.98 Å². The second-order valence-electron chi connectivity index (χ2n) is 9.85. The molecule has 2 aliphatic heterocycles. The maximum atomic E-state index is 10.7. The summed E-state index contributed by atoms with van der Waals surface area (Å²) in [6, 6.07) is 18.4. The normalized spacial score (nSPS) is 20.4. The van der Waals surface area contributed by atoms with Gasteiger partial charge in [-0.3, -0.25) is 10.1 Å². The van der Waals surface area contributed by atoms with Crippen molar-refractivity contribution in [3.05, 3.63) is 65.2 Å². The van der Waals surface area contributed by atoms with Crippen molar-refractivity contribution in [1.82, 2.24) is 20.3 Å². The number of carboxylic acid groups (broad SMARTS) is 1. The number of aryl methyl sites for hydroxylation is 1. The molecule has 2 fully saturated rings. The molecule has 0 radical (unpaired) electrons. The average molecular weight is 549 g/mol. The van der Waals surface area contributed by atoms with Crippen molar-refractivity contribution >= 4 is 28.7 Å². The van der Waals surface area contributed by atoms with Gasteiger partial charge in [0.15, 0.2) is 5.65 Å². The van der Waals surface area contributed by atoms with Gasteiger partial charge in [0.2, 0.25) is 0 Å². The third-order valence-electron chi connectivity index (χ3n) is 7.34. The van der Waals surface area contributed by atoms with Crippen molar-refractivity contribution in [1.29, 1.82) is 0 Å². The molecule has 4 heterocycles. The fraction of sp³-hybridized carbons (Fsp3) is 0.345. The molecule has 10 heteroatoms. The first-order chi connectivity index (χ1) is 19.0. The number of imidazole rings is 1. The zero-order chi connectivity index (χ0) is 26.8. The minimum Gasteiger partial charge on any atom is -0.481 e. The van der Waals surface area contributed by atoms with E-state index in [4.69, 9.17) is 35.9 Å². The number of halogens is 1. The van der Waals surface area contributed by atoms with E-state index >= 15 is 0 Å². The van der Waals surface area contributed by atoms with Crippen LogP contribution < -0.4 is 10.1 Å². The number of carbonyl (C=O) groups is 1. The van der Waals surface area contributed by atoms with Crippen LogP contribution in [0, 0.1) is 0 Å². The molecule has 2 aromatic carbocycles. The summed E-state index contributed by atoms with van der Waals surface area (Å²) in [6.07, 6.45) is 3.29. The predicted octanol–water partition coefficient (Wildman–Crippen LogP) is 5.18. The predicted molar refractivity (Wildman–Crippen MR) is 147 cm³/mol. The quantitative estimate of drug-likeness (QED) is 0.232. The molecular formula is C29H29ClN4O5. The Kier molecular flexibility index (Phi) is 7.22. The summed E-state index contributed by atoms with van der Waals surface area (Å²) >= 11 is 6.60. The molecule has 39 heavy (non-hydrogen) atoms. The number of aromatic nitrogens is 3. The number of nitrogens with one attached hydrogen (secondary N) is 2. The number of aromatic amines is 1. The minimum atomic E-state index is -0.763. The van der Waals surface area contributed by atoms with Crippen molar-refractivity contribution in [3.63, 3.8) is 0 Å². The number of nitrogens with zero attached hydrogens (tertiary/aromatic N) is 2. The Morgan fingerprint density at radius 2 is 1.85 bits per heavy atom. The van der Waals surface area contributed by atoms with Crippen LogP contribution in [0.1, 0.15) is 31.2 Å². The molecule has 0 saturated carbocycles. The van der Waals surface area contributed by atoms with Crippen LogP contribution in [0.4, 0.5) is 0 Å². The zero-order valence-corrected chi connectivity index (χ0v) is 22.0. The van der Waals surface area contributed by atoms with Crippen molar-refractivity contribution in [2.75, 3.05) is 19.9 Å². The van der Waals surface area contributed by atoms with Crippen molar-refractivity contribution in [2.24, 2.45) is 0 Å². The van der Waals surface area contributed by atoms with Crippen LogP contribution >= 0.6 is 11.6 Å². The van der Waals surface area contributed by atoms with Gasteiger partial charge in [0.05, 0.1) is 29.4 Å².